The van der Waals surface area contributed by atoms with Gasteiger partial charge >= 0.3 is 6.18 Å². The van der Waals surface area contributed by atoms with E-state index in [1.165, 1.54) is 13.2 Å². The van der Waals surface area contributed by atoms with Crippen LogP contribution in [0.15, 0.2) is 48.8 Å². The fourth-order valence-electron chi connectivity index (χ4n) is 2.31. The lowest BCUT2D eigenvalue weighted by Crippen LogP contribution is -2.06. The van der Waals surface area contributed by atoms with E-state index in [0.717, 1.165) is 23.5 Å². The Kier molecular flexibility index (Phi) is 4.35. The number of pyridine rings is 1. The van der Waals surface area contributed by atoms with Crippen molar-refractivity contribution in [2.45, 2.75) is 13.1 Å². The van der Waals surface area contributed by atoms with Crippen molar-refractivity contribution in [3.8, 4) is 11.4 Å². The van der Waals surface area contributed by atoms with E-state index in [9.17, 15) is 13.2 Å². The molecule has 2 heterocycles. The second kappa shape index (κ2) is 6.46. The second-order valence-electron chi connectivity index (χ2n) is 5.37. The van der Waals surface area contributed by atoms with Gasteiger partial charge in [0.15, 0.2) is 5.82 Å². The molecule has 2 aromatic heterocycles. The first-order valence-corrected chi connectivity index (χ1v) is 7.37. The lowest BCUT2D eigenvalue weighted by molar-refractivity contribution is -0.137. The zero-order valence-corrected chi connectivity index (χ0v) is 13.5. The number of hydrogen-bond donors (Lipinski definition) is 1. The van der Waals surface area contributed by atoms with Crippen molar-refractivity contribution in [1.82, 2.24) is 14.8 Å². The minimum absolute atomic E-state index is 0.113. The minimum atomic E-state index is -4.46. The molecule has 25 heavy (non-hydrogen) atoms. The minimum Gasteiger partial charge on any atom is -0.497 e. The van der Waals surface area contributed by atoms with Gasteiger partial charge in [0, 0.05) is 35.9 Å². The van der Waals surface area contributed by atoms with Crippen molar-refractivity contribution in [3.05, 3.63) is 60.0 Å². The molecule has 0 saturated carbocycles. The molecule has 1 N–H and O–H groups in total. The van der Waals surface area contributed by atoms with Crippen LogP contribution >= 0.6 is 0 Å². The van der Waals surface area contributed by atoms with E-state index in [1.54, 1.807) is 29.2 Å². The SMILES string of the molecule is COc1cc(Nc2ccn(-c3ccnc(C)c3)n2)cc(C(F)(F)F)c1. The van der Waals surface area contributed by atoms with Gasteiger partial charge in [-0.25, -0.2) is 4.68 Å². The van der Waals surface area contributed by atoms with Gasteiger partial charge in [0.1, 0.15) is 5.75 Å². The molecule has 1 aromatic carbocycles. The standard InChI is InChI=1S/C17H15F3N4O/c1-11-7-14(3-5-21-11)24-6-4-16(23-24)22-13-8-12(17(18,19)20)9-15(10-13)25-2/h3-10H,1-2H3,(H,22,23). The molecule has 5 nitrogen and oxygen atoms in total. The zero-order valence-electron chi connectivity index (χ0n) is 13.5. The third kappa shape index (κ3) is 3.90. The van der Waals surface area contributed by atoms with Crippen molar-refractivity contribution in [2.24, 2.45) is 0 Å². The molecule has 0 unspecified atom stereocenters. The predicted molar refractivity (Wildman–Crippen MR) is 87.4 cm³/mol. The Labute approximate surface area is 142 Å². The first-order chi connectivity index (χ1) is 11.8. The van der Waals surface area contributed by atoms with E-state index < -0.39 is 11.7 Å². The van der Waals surface area contributed by atoms with E-state index in [1.807, 2.05) is 13.0 Å². The number of aromatic nitrogens is 3. The smallest absolute Gasteiger partial charge is 0.416 e. The Morgan fingerprint density at radius 1 is 1.12 bits per heavy atom. The van der Waals surface area contributed by atoms with E-state index in [2.05, 4.69) is 15.4 Å². The molecule has 130 valence electrons. The molecule has 0 aliphatic heterocycles. The molecular weight excluding hydrogens is 333 g/mol. The van der Waals surface area contributed by atoms with Crippen LogP contribution in [-0.2, 0) is 6.18 Å². The van der Waals surface area contributed by atoms with Gasteiger partial charge < -0.3 is 10.1 Å². The largest absolute Gasteiger partial charge is 0.497 e. The molecule has 0 aliphatic carbocycles. The van der Waals surface area contributed by atoms with Crippen LogP contribution in [0.3, 0.4) is 0 Å². The maximum absolute atomic E-state index is 13.0. The summed E-state index contributed by atoms with van der Waals surface area (Å²) < 4.78 is 45.5. The molecule has 0 spiro atoms. The summed E-state index contributed by atoms with van der Waals surface area (Å²) in [6.45, 7) is 1.86. The van der Waals surface area contributed by atoms with Gasteiger partial charge in [0.05, 0.1) is 18.4 Å². The monoisotopic (exact) mass is 348 g/mol. The van der Waals surface area contributed by atoms with Crippen LogP contribution < -0.4 is 10.1 Å². The van der Waals surface area contributed by atoms with Crippen LogP contribution in [0.2, 0.25) is 0 Å². The number of ether oxygens (including phenoxy) is 1. The second-order valence-corrected chi connectivity index (χ2v) is 5.37. The molecule has 0 bridgehead atoms. The normalized spacial score (nSPS) is 11.4. The van der Waals surface area contributed by atoms with E-state index in [0.29, 0.717) is 5.82 Å². The maximum atomic E-state index is 13.0. The molecule has 3 aromatic rings. The molecule has 0 radical (unpaired) electrons. The number of benzene rings is 1. The topological polar surface area (TPSA) is 52.0 Å². The van der Waals surface area contributed by atoms with Crippen molar-refractivity contribution >= 4 is 11.5 Å². The quantitative estimate of drug-likeness (QED) is 0.762. The molecule has 0 atom stereocenters. The van der Waals surface area contributed by atoms with Gasteiger partial charge in [-0.3, -0.25) is 4.98 Å². The van der Waals surface area contributed by atoms with Crippen LogP contribution in [0, 0.1) is 6.92 Å². The number of halogens is 3. The highest BCUT2D eigenvalue weighted by molar-refractivity contribution is 5.60. The number of anilines is 2. The first-order valence-electron chi connectivity index (χ1n) is 7.37. The summed E-state index contributed by atoms with van der Waals surface area (Å²) in [5.41, 5.74) is 1.09. The van der Waals surface area contributed by atoms with Gasteiger partial charge in [-0.05, 0) is 31.2 Å². The van der Waals surface area contributed by atoms with Gasteiger partial charge in [-0.1, -0.05) is 0 Å². The summed E-state index contributed by atoms with van der Waals surface area (Å²) in [5.74, 6) is 0.525. The van der Waals surface area contributed by atoms with Crippen LogP contribution in [0.25, 0.3) is 5.69 Å². The Morgan fingerprint density at radius 3 is 2.60 bits per heavy atom. The summed E-state index contributed by atoms with van der Waals surface area (Å²) in [6.07, 6.45) is -1.09. The van der Waals surface area contributed by atoms with Crippen molar-refractivity contribution < 1.29 is 17.9 Å². The Morgan fingerprint density at radius 2 is 1.92 bits per heavy atom. The summed E-state index contributed by atoms with van der Waals surface area (Å²) in [4.78, 5) is 4.11. The van der Waals surface area contributed by atoms with Crippen LogP contribution in [-0.4, -0.2) is 21.9 Å². The third-order valence-corrected chi connectivity index (χ3v) is 3.48. The summed E-state index contributed by atoms with van der Waals surface area (Å²) in [6, 6.07) is 8.75. The number of alkyl halides is 3. The van der Waals surface area contributed by atoms with Crippen molar-refractivity contribution in [2.75, 3.05) is 12.4 Å². The molecule has 8 heteroatoms. The van der Waals surface area contributed by atoms with E-state index >= 15 is 0 Å². The van der Waals surface area contributed by atoms with Crippen LogP contribution in [0.5, 0.6) is 5.75 Å². The van der Waals surface area contributed by atoms with Gasteiger partial charge in [0.25, 0.3) is 0 Å². The third-order valence-electron chi connectivity index (χ3n) is 3.48. The number of aryl methyl sites for hydroxylation is 1. The molecule has 3 rings (SSSR count). The molecule has 0 aliphatic rings. The Hall–Kier alpha value is -3.03. The molecular formula is C17H15F3N4O. The van der Waals surface area contributed by atoms with E-state index in [4.69, 9.17) is 4.74 Å². The van der Waals surface area contributed by atoms with Crippen LogP contribution in [0.4, 0.5) is 24.7 Å². The maximum Gasteiger partial charge on any atom is 0.416 e. The van der Waals surface area contributed by atoms with Gasteiger partial charge in [-0.2, -0.15) is 18.3 Å². The number of rotatable bonds is 4. The average molecular weight is 348 g/mol. The number of nitrogens with one attached hydrogen (secondary N) is 1. The molecule has 0 amide bonds. The van der Waals surface area contributed by atoms with Crippen molar-refractivity contribution in [1.29, 1.82) is 0 Å². The highest BCUT2D eigenvalue weighted by atomic mass is 19.4. The van der Waals surface area contributed by atoms with Gasteiger partial charge in [0.2, 0.25) is 0 Å². The fraction of sp³-hybridized carbons (Fsp3) is 0.176. The number of methoxy groups -OCH3 is 1. The molecule has 0 fully saturated rings. The molecule has 0 saturated heterocycles. The summed E-state index contributed by atoms with van der Waals surface area (Å²) >= 11 is 0. The summed E-state index contributed by atoms with van der Waals surface area (Å²) in [5, 5.41) is 7.19. The first kappa shape index (κ1) is 16.8. The van der Waals surface area contributed by atoms with Crippen molar-refractivity contribution in [3.63, 3.8) is 0 Å². The van der Waals surface area contributed by atoms with E-state index in [-0.39, 0.29) is 11.4 Å². The average Bonchev–Trinajstić information content (AvgIpc) is 3.02. The highest BCUT2D eigenvalue weighted by Gasteiger charge is 2.31. The van der Waals surface area contributed by atoms with Crippen LogP contribution in [0.1, 0.15) is 11.3 Å². The Balaban J connectivity index is 1.88. The number of hydrogen-bond acceptors (Lipinski definition) is 4. The predicted octanol–water partition coefficient (Wildman–Crippen LogP) is 4.35. The Bertz CT molecular complexity index is 890. The summed E-state index contributed by atoms with van der Waals surface area (Å²) in [7, 11) is 1.32. The number of nitrogens with zero attached hydrogens (tertiary/aromatic N) is 3. The van der Waals surface area contributed by atoms with Gasteiger partial charge in [-0.15, -0.1) is 0 Å². The lowest BCUT2D eigenvalue weighted by atomic mass is 10.2. The lowest BCUT2D eigenvalue weighted by Gasteiger charge is -2.12. The highest BCUT2D eigenvalue weighted by Crippen LogP contribution is 2.34. The zero-order chi connectivity index (χ0) is 18.0. The fourth-order valence-corrected chi connectivity index (χ4v) is 2.31.